The molecule has 0 spiro atoms. The molecule has 0 saturated carbocycles. The van der Waals surface area contributed by atoms with Crippen molar-refractivity contribution in [2.45, 2.75) is 111 Å². The van der Waals surface area contributed by atoms with E-state index in [-0.39, 0.29) is 21.7 Å². The van der Waals surface area contributed by atoms with Crippen molar-refractivity contribution in [3.05, 3.63) is 125 Å². The van der Waals surface area contributed by atoms with Crippen LogP contribution in [0.1, 0.15) is 111 Å². The van der Waals surface area contributed by atoms with Crippen molar-refractivity contribution >= 4 is 0 Å². The van der Waals surface area contributed by atoms with E-state index in [1.165, 1.54) is 12.1 Å². The summed E-state index contributed by atoms with van der Waals surface area (Å²) in [5.41, 5.74) is 9.14. The minimum Gasteiger partial charge on any atom is -0.264 e. The zero-order valence-electron chi connectivity index (χ0n) is 31.8. The van der Waals surface area contributed by atoms with Crippen molar-refractivity contribution in [3.8, 4) is 44.5 Å². The van der Waals surface area contributed by atoms with Gasteiger partial charge in [-0.1, -0.05) is 150 Å². The number of benzene rings is 4. The first-order chi connectivity index (χ1) is 22.9. The van der Waals surface area contributed by atoms with E-state index < -0.39 is 11.7 Å². The smallest absolute Gasteiger partial charge is 0.264 e. The fraction of sp³-hybridized carbons (Fsp3) is 0.370. The van der Waals surface area contributed by atoms with Gasteiger partial charge in [-0.3, -0.25) is 4.98 Å². The van der Waals surface area contributed by atoms with Crippen molar-refractivity contribution in [2.24, 2.45) is 0 Å². The van der Waals surface area contributed by atoms with Crippen molar-refractivity contribution in [1.82, 2.24) is 4.98 Å². The minimum atomic E-state index is -4.55. The van der Waals surface area contributed by atoms with Crippen LogP contribution in [0.2, 0.25) is 0 Å². The molecule has 1 nitrogen and oxygen atoms in total. The normalized spacial score (nSPS) is 13.1. The maximum atomic E-state index is 15.0. The Hall–Kier alpha value is -4.18. The summed E-state index contributed by atoms with van der Waals surface area (Å²) in [5, 5.41) is 0. The van der Waals surface area contributed by atoms with E-state index in [2.05, 4.69) is 124 Å². The van der Waals surface area contributed by atoms with E-state index in [9.17, 15) is 0 Å². The van der Waals surface area contributed by atoms with E-state index >= 15 is 13.2 Å². The van der Waals surface area contributed by atoms with Crippen LogP contribution < -0.4 is 0 Å². The highest BCUT2D eigenvalue weighted by Gasteiger charge is 2.34. The third-order valence-corrected chi connectivity index (χ3v) is 9.59. The highest BCUT2D eigenvalue weighted by Crippen LogP contribution is 2.47. The fourth-order valence-electron chi connectivity index (χ4n) is 6.23. The molecule has 0 aliphatic heterocycles. The lowest BCUT2D eigenvalue weighted by Gasteiger charge is -2.29. The number of pyridine rings is 1. The molecule has 262 valence electrons. The number of aromatic nitrogens is 1. The van der Waals surface area contributed by atoms with Gasteiger partial charge in [0.2, 0.25) is 0 Å². The molecule has 0 N–H and O–H groups in total. The average Bonchev–Trinajstić information content (AvgIpc) is 3.02. The molecular weight excluding hydrogens is 624 g/mol. The summed E-state index contributed by atoms with van der Waals surface area (Å²) in [6, 6.07) is 27.6. The van der Waals surface area contributed by atoms with E-state index in [1.807, 2.05) is 42.6 Å². The zero-order chi connectivity index (χ0) is 37.0. The van der Waals surface area contributed by atoms with Crippen molar-refractivity contribution in [2.75, 3.05) is 0 Å². The maximum Gasteiger partial charge on any atom is 0.416 e. The van der Waals surface area contributed by atoms with Crippen LogP contribution in [0.4, 0.5) is 13.2 Å². The van der Waals surface area contributed by atoms with Gasteiger partial charge in [-0.15, -0.1) is 0 Å². The van der Waals surface area contributed by atoms with Crippen LogP contribution >= 0.6 is 0 Å². The Morgan fingerprint density at radius 1 is 0.400 bits per heavy atom. The van der Waals surface area contributed by atoms with Crippen molar-refractivity contribution in [1.29, 1.82) is 0 Å². The van der Waals surface area contributed by atoms with E-state index in [1.54, 1.807) is 6.20 Å². The average molecular weight is 676 g/mol. The van der Waals surface area contributed by atoms with Gasteiger partial charge in [-0.05, 0) is 107 Å². The van der Waals surface area contributed by atoms with Crippen molar-refractivity contribution in [3.63, 3.8) is 0 Å². The fourth-order valence-corrected chi connectivity index (χ4v) is 6.23. The topological polar surface area (TPSA) is 12.9 Å². The molecule has 0 aliphatic rings. The zero-order valence-corrected chi connectivity index (χ0v) is 31.8. The van der Waals surface area contributed by atoms with Gasteiger partial charge in [0.1, 0.15) is 0 Å². The molecule has 4 heteroatoms. The van der Waals surface area contributed by atoms with Crippen LogP contribution in [-0.4, -0.2) is 4.98 Å². The SMILES string of the molecule is CC(C)(C)c1cc(-c2cc(C(F)(F)F)cc(-c3cc(C(C)(C)C)cc(C(C)(C)C)c3)c2-c2ccc(-c3cccnc3)cc2)cc(C(C)(C)C)c1. The largest absolute Gasteiger partial charge is 0.416 e. The van der Waals surface area contributed by atoms with Crippen molar-refractivity contribution < 1.29 is 13.2 Å². The molecule has 5 rings (SSSR count). The van der Waals surface area contributed by atoms with Gasteiger partial charge in [0.25, 0.3) is 0 Å². The summed E-state index contributed by atoms with van der Waals surface area (Å²) in [7, 11) is 0. The molecule has 1 heterocycles. The third-order valence-electron chi connectivity index (χ3n) is 9.59. The second-order valence-electron chi connectivity index (χ2n) is 17.9. The van der Waals surface area contributed by atoms with Crippen LogP contribution in [0.25, 0.3) is 44.5 Å². The molecule has 0 saturated heterocycles. The second kappa shape index (κ2) is 12.9. The highest BCUT2D eigenvalue weighted by molar-refractivity contribution is 5.96. The number of nitrogens with zero attached hydrogens (tertiary/aromatic N) is 1. The van der Waals surface area contributed by atoms with Gasteiger partial charge < -0.3 is 0 Å². The van der Waals surface area contributed by atoms with Gasteiger partial charge in [0.15, 0.2) is 0 Å². The third kappa shape index (κ3) is 8.06. The van der Waals surface area contributed by atoms with Gasteiger partial charge in [-0.2, -0.15) is 13.2 Å². The molecule has 1 aromatic heterocycles. The van der Waals surface area contributed by atoms with Crippen LogP contribution in [0.15, 0.2) is 97.3 Å². The summed E-state index contributed by atoms with van der Waals surface area (Å²) in [6.45, 7) is 25.8. The summed E-state index contributed by atoms with van der Waals surface area (Å²) >= 11 is 0. The molecule has 4 aromatic carbocycles. The first kappa shape index (κ1) is 37.1. The van der Waals surface area contributed by atoms with Gasteiger partial charge >= 0.3 is 6.18 Å². The number of hydrogen-bond donors (Lipinski definition) is 0. The maximum absolute atomic E-state index is 15.0. The Balaban J connectivity index is 1.96. The van der Waals surface area contributed by atoms with Crippen LogP contribution in [0.3, 0.4) is 0 Å². The predicted octanol–water partition coefficient (Wildman–Crippen LogP) is 14.0. The number of alkyl halides is 3. The Labute approximate surface area is 298 Å². The molecule has 0 unspecified atom stereocenters. The molecule has 5 aromatic rings. The Bertz CT molecular complexity index is 1830. The lowest BCUT2D eigenvalue weighted by atomic mass is 9.76. The molecule has 50 heavy (non-hydrogen) atoms. The quantitative estimate of drug-likeness (QED) is 0.185. The monoisotopic (exact) mass is 675 g/mol. The second-order valence-corrected chi connectivity index (χ2v) is 17.9. The minimum absolute atomic E-state index is 0.214. The van der Waals surface area contributed by atoms with E-state index in [0.717, 1.165) is 55.6 Å². The Morgan fingerprint density at radius 2 is 0.780 bits per heavy atom. The highest BCUT2D eigenvalue weighted by atomic mass is 19.4. The number of hydrogen-bond acceptors (Lipinski definition) is 1. The standard InChI is InChI=1S/C46H52F3N/c1-42(2,3)34-20-32(21-35(24-34)43(4,5)6)39-26-38(46(47,48)49)27-40(33-22-36(44(7,8)9)25-37(23-33)45(10,11)12)41(39)30-17-15-29(16-18-30)31-14-13-19-50-28-31/h13-28H,1-12H3. The van der Waals surface area contributed by atoms with E-state index in [4.69, 9.17) is 0 Å². The van der Waals surface area contributed by atoms with Crippen LogP contribution in [0, 0.1) is 0 Å². The summed E-state index contributed by atoms with van der Waals surface area (Å²) in [4.78, 5) is 4.29. The van der Waals surface area contributed by atoms with Gasteiger partial charge in [-0.25, -0.2) is 0 Å². The molecule has 0 atom stereocenters. The van der Waals surface area contributed by atoms with Gasteiger partial charge in [0, 0.05) is 12.4 Å². The summed E-state index contributed by atoms with van der Waals surface area (Å²) < 4.78 is 45.1. The Kier molecular flexibility index (Phi) is 9.53. The lowest BCUT2D eigenvalue weighted by Crippen LogP contribution is -2.17. The Morgan fingerprint density at radius 3 is 1.10 bits per heavy atom. The summed E-state index contributed by atoms with van der Waals surface area (Å²) in [5.74, 6) is 0. The molecule has 0 radical (unpaired) electrons. The predicted molar refractivity (Wildman–Crippen MR) is 206 cm³/mol. The first-order valence-electron chi connectivity index (χ1n) is 17.5. The van der Waals surface area contributed by atoms with Crippen LogP contribution in [-0.2, 0) is 27.8 Å². The van der Waals surface area contributed by atoms with Gasteiger partial charge in [0.05, 0.1) is 5.56 Å². The van der Waals surface area contributed by atoms with E-state index in [0.29, 0.717) is 11.1 Å². The molecule has 0 bridgehead atoms. The molecular formula is C46H52F3N. The number of rotatable bonds is 4. The van der Waals surface area contributed by atoms with Crippen LogP contribution in [0.5, 0.6) is 0 Å². The lowest BCUT2D eigenvalue weighted by molar-refractivity contribution is -0.137. The molecule has 0 amide bonds. The molecule has 0 fully saturated rings. The summed E-state index contributed by atoms with van der Waals surface area (Å²) in [6.07, 6.45) is -0.981. The number of halogens is 3. The first-order valence-corrected chi connectivity index (χ1v) is 17.5. The molecule has 0 aliphatic carbocycles.